The van der Waals surface area contributed by atoms with Gasteiger partial charge in [-0.1, -0.05) is 33.8 Å². The average Bonchev–Trinajstić information content (AvgIpc) is 2.52. The number of esters is 1. The zero-order valence-corrected chi connectivity index (χ0v) is 17.7. The van der Waals surface area contributed by atoms with Crippen LogP contribution in [0.15, 0.2) is 35.2 Å². The van der Waals surface area contributed by atoms with Gasteiger partial charge in [0.25, 0.3) is 0 Å². The highest BCUT2D eigenvalue weighted by Crippen LogP contribution is 2.51. The number of hydrogen-bond donors (Lipinski definition) is 0. The van der Waals surface area contributed by atoms with Crippen molar-refractivity contribution in [2.24, 2.45) is 16.7 Å². The van der Waals surface area contributed by atoms with Crippen molar-refractivity contribution in [2.45, 2.75) is 60.3 Å². The standard InChI is InChI=1S/C23H31NO4/c1-7-8-24-16-9-22(3,4)11-18(26)20(16)15(13-28-14(2)25)21-17(24)10-23(5,6)12-19(21)27/h7,15H,1,8-13H2,2-6H3. The molecule has 0 radical (unpaired) electrons. The predicted octanol–water partition coefficient (Wildman–Crippen LogP) is 3.95. The van der Waals surface area contributed by atoms with Crippen molar-refractivity contribution in [2.75, 3.05) is 13.2 Å². The Kier molecular flexibility index (Phi) is 5.15. The van der Waals surface area contributed by atoms with E-state index in [0.29, 0.717) is 30.5 Å². The van der Waals surface area contributed by atoms with Crippen LogP contribution in [0.1, 0.15) is 60.3 Å². The number of allylic oxidation sites excluding steroid dienone is 2. The quantitative estimate of drug-likeness (QED) is 0.541. The van der Waals surface area contributed by atoms with Crippen LogP contribution < -0.4 is 0 Å². The van der Waals surface area contributed by atoms with E-state index in [1.165, 1.54) is 6.92 Å². The summed E-state index contributed by atoms with van der Waals surface area (Å²) in [6.07, 6.45) is 4.20. The SMILES string of the molecule is C=CCN1C2=C(C(=O)CC(C)(C)C2)C(COC(C)=O)C2=C1CC(C)(C)CC2=O. The second kappa shape index (κ2) is 7.02. The Balaban J connectivity index is 2.19. The van der Waals surface area contributed by atoms with Crippen molar-refractivity contribution in [3.63, 3.8) is 0 Å². The van der Waals surface area contributed by atoms with Crippen LogP contribution in [0, 0.1) is 16.7 Å². The molecule has 0 fully saturated rings. The largest absolute Gasteiger partial charge is 0.465 e. The maximum absolute atomic E-state index is 13.2. The number of rotatable bonds is 4. The van der Waals surface area contributed by atoms with Crippen LogP contribution in [0.5, 0.6) is 0 Å². The molecule has 152 valence electrons. The summed E-state index contributed by atoms with van der Waals surface area (Å²) in [6, 6.07) is 0. The number of ketones is 2. The van der Waals surface area contributed by atoms with Crippen molar-refractivity contribution >= 4 is 17.5 Å². The van der Waals surface area contributed by atoms with E-state index in [9.17, 15) is 14.4 Å². The lowest BCUT2D eigenvalue weighted by Crippen LogP contribution is -2.46. The van der Waals surface area contributed by atoms with Crippen LogP contribution in [0.25, 0.3) is 0 Å². The average molecular weight is 386 g/mol. The van der Waals surface area contributed by atoms with Crippen LogP contribution in [0.4, 0.5) is 0 Å². The first-order valence-electron chi connectivity index (χ1n) is 10.00. The number of ether oxygens (including phenoxy) is 1. The smallest absolute Gasteiger partial charge is 0.302 e. The van der Waals surface area contributed by atoms with Crippen LogP contribution in [0.2, 0.25) is 0 Å². The summed E-state index contributed by atoms with van der Waals surface area (Å²) in [4.78, 5) is 40.0. The lowest BCUT2D eigenvalue weighted by Gasteiger charge is -2.48. The molecule has 0 aromatic carbocycles. The molecule has 0 bridgehead atoms. The lowest BCUT2D eigenvalue weighted by molar-refractivity contribution is -0.142. The number of hydrogen-bond acceptors (Lipinski definition) is 5. The predicted molar refractivity (Wildman–Crippen MR) is 107 cm³/mol. The first kappa shape index (κ1) is 20.6. The van der Waals surface area contributed by atoms with Crippen LogP contribution in [-0.4, -0.2) is 35.6 Å². The molecule has 0 saturated heterocycles. The van der Waals surface area contributed by atoms with Gasteiger partial charge in [0.1, 0.15) is 6.61 Å². The molecule has 0 unspecified atom stereocenters. The monoisotopic (exact) mass is 385 g/mol. The van der Waals surface area contributed by atoms with Crippen molar-refractivity contribution < 1.29 is 19.1 Å². The molecule has 0 N–H and O–H groups in total. The minimum atomic E-state index is -0.456. The lowest BCUT2D eigenvalue weighted by atomic mass is 9.65. The van der Waals surface area contributed by atoms with E-state index in [1.54, 1.807) is 0 Å². The molecule has 5 heteroatoms. The highest BCUT2D eigenvalue weighted by atomic mass is 16.5. The van der Waals surface area contributed by atoms with E-state index in [2.05, 4.69) is 39.2 Å². The van der Waals surface area contributed by atoms with E-state index in [1.807, 2.05) is 6.08 Å². The van der Waals surface area contributed by atoms with Gasteiger partial charge < -0.3 is 9.64 Å². The van der Waals surface area contributed by atoms with Gasteiger partial charge in [0, 0.05) is 48.9 Å². The highest BCUT2D eigenvalue weighted by molar-refractivity contribution is 6.05. The maximum Gasteiger partial charge on any atom is 0.302 e. The number of carbonyl (C=O) groups excluding carboxylic acids is 3. The van der Waals surface area contributed by atoms with E-state index in [0.717, 1.165) is 24.2 Å². The molecule has 0 saturated carbocycles. The van der Waals surface area contributed by atoms with E-state index < -0.39 is 11.9 Å². The number of carbonyl (C=O) groups is 3. The number of Topliss-reactive ketones (excluding diaryl/α,β-unsaturated/α-hetero) is 2. The van der Waals surface area contributed by atoms with Gasteiger partial charge in [-0.25, -0.2) is 0 Å². The van der Waals surface area contributed by atoms with Crippen LogP contribution >= 0.6 is 0 Å². The Labute approximate surface area is 167 Å². The molecule has 0 amide bonds. The Hall–Kier alpha value is -2.17. The first-order chi connectivity index (χ1) is 13.0. The fraction of sp³-hybridized carbons (Fsp3) is 0.609. The van der Waals surface area contributed by atoms with Crippen LogP contribution in [0.3, 0.4) is 0 Å². The summed E-state index contributed by atoms with van der Waals surface area (Å²) in [6.45, 7) is 14.3. The van der Waals surface area contributed by atoms with Crippen molar-refractivity contribution in [3.05, 3.63) is 35.2 Å². The highest BCUT2D eigenvalue weighted by Gasteiger charge is 2.48. The van der Waals surface area contributed by atoms with Gasteiger partial charge in [0.2, 0.25) is 0 Å². The Morgan fingerprint density at radius 1 is 1.04 bits per heavy atom. The fourth-order valence-corrected chi connectivity index (χ4v) is 4.90. The van der Waals surface area contributed by atoms with Crippen LogP contribution in [-0.2, 0) is 19.1 Å². The third kappa shape index (κ3) is 3.71. The Morgan fingerprint density at radius 3 is 1.89 bits per heavy atom. The summed E-state index contributed by atoms with van der Waals surface area (Å²) in [5.74, 6) is -0.740. The van der Waals surface area contributed by atoms with E-state index in [4.69, 9.17) is 4.74 Å². The molecule has 28 heavy (non-hydrogen) atoms. The third-order valence-electron chi connectivity index (χ3n) is 5.91. The van der Waals surface area contributed by atoms with Gasteiger partial charge in [-0.15, -0.1) is 6.58 Å². The summed E-state index contributed by atoms with van der Waals surface area (Å²) in [5.41, 5.74) is 2.98. The van der Waals surface area contributed by atoms with Gasteiger partial charge in [-0.3, -0.25) is 14.4 Å². The van der Waals surface area contributed by atoms with E-state index in [-0.39, 0.29) is 29.0 Å². The first-order valence-corrected chi connectivity index (χ1v) is 10.00. The second-order valence-electron chi connectivity index (χ2n) is 9.86. The molecule has 3 aliphatic rings. The molecule has 3 rings (SSSR count). The van der Waals surface area contributed by atoms with Crippen molar-refractivity contribution in [1.82, 2.24) is 4.90 Å². The topological polar surface area (TPSA) is 63.7 Å². The van der Waals surface area contributed by atoms with Gasteiger partial charge >= 0.3 is 5.97 Å². The summed E-state index contributed by atoms with van der Waals surface area (Å²) in [5, 5.41) is 0. The summed E-state index contributed by atoms with van der Waals surface area (Å²) >= 11 is 0. The molecule has 1 aliphatic heterocycles. The molecule has 0 spiro atoms. The van der Waals surface area contributed by atoms with Gasteiger partial charge in [0.15, 0.2) is 11.6 Å². The zero-order chi connectivity index (χ0) is 20.9. The fourth-order valence-electron chi connectivity index (χ4n) is 4.90. The molecule has 2 aliphatic carbocycles. The van der Waals surface area contributed by atoms with Gasteiger partial charge in [-0.05, 0) is 23.7 Å². The van der Waals surface area contributed by atoms with Gasteiger partial charge in [-0.2, -0.15) is 0 Å². The minimum absolute atomic E-state index is 0.0489. The molecule has 0 atom stereocenters. The van der Waals surface area contributed by atoms with Gasteiger partial charge in [0.05, 0.1) is 5.92 Å². The summed E-state index contributed by atoms with van der Waals surface area (Å²) < 4.78 is 5.32. The minimum Gasteiger partial charge on any atom is -0.465 e. The number of nitrogens with zero attached hydrogens (tertiary/aromatic N) is 1. The summed E-state index contributed by atoms with van der Waals surface area (Å²) in [7, 11) is 0. The molecule has 0 aromatic rings. The molecule has 1 heterocycles. The maximum atomic E-state index is 13.2. The Morgan fingerprint density at radius 2 is 1.50 bits per heavy atom. The zero-order valence-electron chi connectivity index (χ0n) is 17.7. The second-order valence-corrected chi connectivity index (χ2v) is 9.86. The molecular weight excluding hydrogens is 354 g/mol. The Bertz CT molecular complexity index is 758. The third-order valence-corrected chi connectivity index (χ3v) is 5.91. The van der Waals surface area contributed by atoms with E-state index >= 15 is 0 Å². The normalized spacial score (nSPS) is 24.1. The molecule has 5 nitrogen and oxygen atoms in total. The van der Waals surface area contributed by atoms with Crippen molar-refractivity contribution in [1.29, 1.82) is 0 Å². The molecular formula is C23H31NO4. The van der Waals surface area contributed by atoms with Crippen molar-refractivity contribution in [3.8, 4) is 0 Å². The molecule has 0 aromatic heterocycles.